The summed E-state index contributed by atoms with van der Waals surface area (Å²) in [6, 6.07) is 5.92. The first-order chi connectivity index (χ1) is 16.6. The van der Waals surface area contributed by atoms with Gasteiger partial charge in [0.2, 0.25) is 0 Å². The van der Waals surface area contributed by atoms with Crippen LogP contribution in [-0.4, -0.2) is 60.2 Å². The van der Waals surface area contributed by atoms with Gasteiger partial charge in [0.05, 0.1) is 5.56 Å². The van der Waals surface area contributed by atoms with Crippen molar-refractivity contribution in [3.63, 3.8) is 0 Å². The minimum Gasteiger partial charge on any atom is -0.358 e. The number of nitrogens with one attached hydrogen (secondary N) is 1. The van der Waals surface area contributed by atoms with Crippen LogP contribution in [0.3, 0.4) is 0 Å². The maximum atomic E-state index is 13.7. The number of amides is 1. The van der Waals surface area contributed by atoms with Crippen molar-refractivity contribution in [1.82, 2.24) is 14.8 Å². The number of carbonyl (C=O) groups is 2. The van der Waals surface area contributed by atoms with Crippen LogP contribution in [0.5, 0.6) is 0 Å². The number of H-pyrrole nitrogens is 1. The Morgan fingerprint density at radius 3 is 2.51 bits per heavy atom. The van der Waals surface area contributed by atoms with Crippen molar-refractivity contribution >= 4 is 34.9 Å². The summed E-state index contributed by atoms with van der Waals surface area (Å²) in [6.45, 7) is 12.4. The molecule has 1 N–H and O–H groups in total. The van der Waals surface area contributed by atoms with E-state index in [1.165, 1.54) is 5.56 Å². The largest absolute Gasteiger partial charge is 0.358 e. The van der Waals surface area contributed by atoms with E-state index in [1.807, 2.05) is 50.8 Å². The molecule has 0 bridgehead atoms. The molecular formula is C29H40ClN3O2. The van der Waals surface area contributed by atoms with E-state index in [4.69, 9.17) is 11.6 Å². The number of Topliss-reactive ketones (excluding diaryl/α,β-unsaturated/α-hetero) is 1. The lowest BCUT2D eigenvalue weighted by atomic mass is 9.82. The molecule has 0 saturated carbocycles. The van der Waals surface area contributed by atoms with Gasteiger partial charge < -0.3 is 14.8 Å². The van der Waals surface area contributed by atoms with Crippen molar-refractivity contribution in [1.29, 1.82) is 0 Å². The highest BCUT2D eigenvalue weighted by Crippen LogP contribution is 2.42. The van der Waals surface area contributed by atoms with Crippen LogP contribution in [0.25, 0.3) is 11.6 Å². The fraction of sp³-hybridized carbons (Fsp3) is 0.517. The molecule has 3 rings (SSSR count). The highest BCUT2D eigenvalue weighted by Gasteiger charge is 2.31. The van der Waals surface area contributed by atoms with Gasteiger partial charge in [0, 0.05) is 41.5 Å². The van der Waals surface area contributed by atoms with Gasteiger partial charge in [-0.05, 0) is 108 Å². The maximum Gasteiger partial charge on any atom is 0.255 e. The molecule has 1 amide bonds. The Morgan fingerprint density at radius 2 is 1.89 bits per heavy atom. The zero-order chi connectivity index (χ0) is 25.9. The monoisotopic (exact) mass is 497 g/mol. The van der Waals surface area contributed by atoms with Crippen molar-refractivity contribution in [2.24, 2.45) is 5.92 Å². The molecule has 0 aliphatic heterocycles. The van der Waals surface area contributed by atoms with Crippen molar-refractivity contribution in [3.05, 3.63) is 56.9 Å². The van der Waals surface area contributed by atoms with Crippen LogP contribution in [0.2, 0.25) is 5.02 Å². The number of halogens is 1. The third kappa shape index (κ3) is 5.90. The lowest BCUT2D eigenvalue weighted by Gasteiger charge is -2.23. The molecule has 1 aliphatic rings. The second kappa shape index (κ2) is 11.6. The molecule has 2 aromatic rings. The quantitative estimate of drug-likeness (QED) is 0.342. The molecule has 0 fully saturated rings. The molecule has 35 heavy (non-hydrogen) atoms. The molecule has 0 spiro atoms. The standard InChI is InChI=1S/C29H40ClN3O2/c1-8-33(9-2)29(35)28-19(4)26(31-20(28)5)17-25-24-16-22(30)12-13-23(24)18(3)21(15-27(25)34)11-10-14-32(6)7/h12-13,16-18,21,31H,8-11,14-15H2,1-7H3. The molecule has 2 unspecified atom stereocenters. The topological polar surface area (TPSA) is 56.4 Å². The Hall–Kier alpha value is -2.37. The molecule has 2 atom stereocenters. The number of aromatic amines is 1. The van der Waals surface area contributed by atoms with E-state index in [9.17, 15) is 9.59 Å². The lowest BCUT2D eigenvalue weighted by molar-refractivity contribution is -0.114. The fourth-order valence-corrected chi connectivity index (χ4v) is 5.49. The summed E-state index contributed by atoms with van der Waals surface area (Å²) in [7, 11) is 4.17. The third-order valence-corrected chi connectivity index (χ3v) is 7.70. The Bertz CT molecular complexity index is 1110. The summed E-state index contributed by atoms with van der Waals surface area (Å²) in [4.78, 5) is 34.2. The van der Waals surface area contributed by atoms with Gasteiger partial charge in [-0.2, -0.15) is 0 Å². The van der Waals surface area contributed by atoms with Crippen LogP contribution in [0.4, 0.5) is 0 Å². The number of rotatable bonds is 8. The van der Waals surface area contributed by atoms with E-state index in [1.54, 1.807) is 0 Å². The second-order valence-electron chi connectivity index (χ2n) is 10.1. The van der Waals surface area contributed by atoms with Crippen LogP contribution in [0, 0.1) is 19.8 Å². The van der Waals surface area contributed by atoms with Crippen molar-refractivity contribution in [2.75, 3.05) is 33.7 Å². The fourth-order valence-electron chi connectivity index (χ4n) is 5.32. The number of aryl methyl sites for hydroxylation is 1. The second-order valence-corrected chi connectivity index (χ2v) is 10.5. The summed E-state index contributed by atoms with van der Waals surface area (Å²) in [5.74, 6) is 0.692. The van der Waals surface area contributed by atoms with Crippen molar-refractivity contribution < 1.29 is 9.59 Å². The molecule has 1 aromatic carbocycles. The first-order valence-corrected chi connectivity index (χ1v) is 13.1. The number of aromatic nitrogens is 1. The van der Waals surface area contributed by atoms with E-state index in [-0.39, 0.29) is 23.5 Å². The van der Waals surface area contributed by atoms with Crippen LogP contribution in [0.15, 0.2) is 18.2 Å². The number of nitrogens with zero attached hydrogens (tertiary/aromatic N) is 2. The molecule has 6 heteroatoms. The third-order valence-electron chi connectivity index (χ3n) is 7.46. The minimum atomic E-state index is 0.0242. The Kier molecular flexibility index (Phi) is 9.00. The molecule has 1 aromatic heterocycles. The van der Waals surface area contributed by atoms with E-state index < -0.39 is 0 Å². The number of ketones is 1. The van der Waals surface area contributed by atoms with Gasteiger partial charge in [-0.15, -0.1) is 0 Å². The Labute approximate surface area is 215 Å². The normalized spacial score (nSPS) is 19.2. The van der Waals surface area contributed by atoms with Gasteiger partial charge in [0.15, 0.2) is 5.78 Å². The van der Waals surface area contributed by atoms with E-state index in [0.717, 1.165) is 41.9 Å². The molecule has 0 saturated heterocycles. The van der Waals surface area contributed by atoms with Gasteiger partial charge in [0.1, 0.15) is 0 Å². The first kappa shape index (κ1) is 27.2. The Morgan fingerprint density at radius 1 is 1.20 bits per heavy atom. The van der Waals surface area contributed by atoms with Crippen LogP contribution < -0.4 is 0 Å². The first-order valence-electron chi connectivity index (χ1n) is 12.8. The van der Waals surface area contributed by atoms with E-state index in [2.05, 4.69) is 37.0 Å². The smallest absolute Gasteiger partial charge is 0.255 e. The molecule has 0 radical (unpaired) electrons. The summed E-state index contributed by atoms with van der Waals surface area (Å²) in [6.07, 6.45) is 4.51. The highest BCUT2D eigenvalue weighted by molar-refractivity contribution is 6.32. The minimum absolute atomic E-state index is 0.0242. The maximum absolute atomic E-state index is 13.7. The van der Waals surface area contributed by atoms with Gasteiger partial charge in [0.25, 0.3) is 5.91 Å². The van der Waals surface area contributed by atoms with Crippen LogP contribution in [-0.2, 0) is 4.79 Å². The number of carbonyl (C=O) groups excluding carboxylic acids is 2. The average Bonchev–Trinajstić information content (AvgIpc) is 3.04. The zero-order valence-electron chi connectivity index (χ0n) is 22.3. The highest BCUT2D eigenvalue weighted by atomic mass is 35.5. The number of hydrogen-bond donors (Lipinski definition) is 1. The van der Waals surface area contributed by atoms with Gasteiger partial charge in [-0.25, -0.2) is 0 Å². The van der Waals surface area contributed by atoms with Gasteiger partial charge in [-0.1, -0.05) is 24.6 Å². The van der Waals surface area contributed by atoms with Crippen LogP contribution >= 0.6 is 11.6 Å². The van der Waals surface area contributed by atoms with Gasteiger partial charge >= 0.3 is 0 Å². The van der Waals surface area contributed by atoms with E-state index >= 15 is 0 Å². The number of hydrogen-bond acceptors (Lipinski definition) is 3. The molecule has 190 valence electrons. The predicted molar refractivity (Wildman–Crippen MR) is 146 cm³/mol. The van der Waals surface area contributed by atoms with Crippen LogP contribution in [0.1, 0.15) is 84.4 Å². The number of allylic oxidation sites excluding steroid dienone is 1. The lowest BCUT2D eigenvalue weighted by Crippen LogP contribution is -2.31. The number of benzene rings is 1. The average molecular weight is 498 g/mol. The molecule has 5 nitrogen and oxygen atoms in total. The SMILES string of the molecule is CCN(CC)C(=O)c1c(C)[nH]c(C=C2C(=O)CC(CCCN(C)C)C(C)c3ccc(Cl)cc32)c1C. The summed E-state index contributed by atoms with van der Waals surface area (Å²) >= 11 is 6.42. The Balaban J connectivity index is 2.07. The summed E-state index contributed by atoms with van der Waals surface area (Å²) in [5.41, 5.74) is 5.97. The summed E-state index contributed by atoms with van der Waals surface area (Å²) in [5, 5.41) is 0.623. The summed E-state index contributed by atoms with van der Waals surface area (Å²) < 4.78 is 0. The molecule has 1 heterocycles. The molecule has 1 aliphatic carbocycles. The van der Waals surface area contributed by atoms with Crippen molar-refractivity contribution in [2.45, 2.75) is 59.8 Å². The predicted octanol–water partition coefficient (Wildman–Crippen LogP) is 6.34. The number of fused-ring (bicyclic) bond motifs is 1. The van der Waals surface area contributed by atoms with Gasteiger partial charge in [-0.3, -0.25) is 9.59 Å². The van der Waals surface area contributed by atoms with E-state index in [0.29, 0.717) is 35.7 Å². The zero-order valence-corrected chi connectivity index (χ0v) is 23.1. The van der Waals surface area contributed by atoms with Crippen molar-refractivity contribution in [3.8, 4) is 0 Å². The molecular weight excluding hydrogens is 458 g/mol.